The van der Waals surface area contributed by atoms with E-state index >= 15 is 8.78 Å². The molecule has 0 unspecified atom stereocenters. The fourth-order valence-corrected chi connectivity index (χ4v) is 9.02. The minimum atomic E-state index is -3.83. The summed E-state index contributed by atoms with van der Waals surface area (Å²) in [7, 11) is -2.28. The molecule has 62 heavy (non-hydrogen) atoms. The lowest BCUT2D eigenvalue weighted by atomic mass is 9.93. The fourth-order valence-electron chi connectivity index (χ4n) is 8.28. The topological polar surface area (TPSA) is 136 Å². The van der Waals surface area contributed by atoms with Crippen LogP contribution in [-0.4, -0.2) is 81.9 Å². The van der Waals surface area contributed by atoms with Gasteiger partial charge in [-0.05, 0) is 67.6 Å². The summed E-state index contributed by atoms with van der Waals surface area (Å²) in [5.74, 6) is -2.61. The molecule has 1 saturated heterocycles. The molecule has 1 aliphatic carbocycles. The number of rotatable bonds is 11. The van der Waals surface area contributed by atoms with Crippen LogP contribution in [0.25, 0.3) is 22.0 Å². The molecular weight excluding hydrogens is 862 g/mol. The number of carbonyl (C=O) groups excluding carboxylic acids is 1. The number of hydrogen-bond donors (Lipinski definition) is 2. The molecule has 0 saturated carbocycles. The minimum Gasteiger partial charge on any atom is -0.360 e. The lowest BCUT2D eigenvalue weighted by Crippen LogP contribution is -2.49. The monoisotopic (exact) mass is 904 g/mol. The van der Waals surface area contributed by atoms with Gasteiger partial charge in [0.25, 0.3) is 12.3 Å². The number of nitrogens with one attached hydrogen (secondary N) is 2. The van der Waals surface area contributed by atoms with Crippen molar-refractivity contribution in [2.24, 2.45) is 13.0 Å². The molecule has 330 valence electrons. The Balaban J connectivity index is 1.40. The van der Waals surface area contributed by atoms with Crippen molar-refractivity contribution in [1.29, 1.82) is 0 Å². The number of pyridine rings is 1. The average Bonchev–Trinajstić information content (AvgIpc) is 3.78. The molecule has 2 N–H and O–H groups in total. The van der Waals surface area contributed by atoms with E-state index in [1.165, 1.54) is 24.6 Å². The number of alkyl halides is 4. The molecule has 5 aromatic rings. The predicted molar refractivity (Wildman–Crippen MR) is 220 cm³/mol. The van der Waals surface area contributed by atoms with Gasteiger partial charge in [0.15, 0.2) is 5.82 Å². The third kappa shape index (κ3) is 8.87. The first-order chi connectivity index (χ1) is 29.1. The van der Waals surface area contributed by atoms with Crippen LogP contribution in [0, 0.1) is 29.4 Å². The zero-order valence-electron chi connectivity index (χ0n) is 34.5. The predicted octanol–water partition coefficient (Wildman–Crippen LogP) is 7.48. The molecular formula is C42H43ClF6N8O4S. The van der Waals surface area contributed by atoms with E-state index in [1.54, 1.807) is 25.2 Å². The molecule has 7 rings (SSSR count). The largest absolute Gasteiger partial charge is 0.360 e. The Morgan fingerprint density at radius 2 is 1.76 bits per heavy atom. The molecule has 12 nitrogen and oxygen atoms in total. The number of aromatic nitrogens is 5. The maximum absolute atomic E-state index is 15.7. The van der Waals surface area contributed by atoms with Gasteiger partial charge in [0.1, 0.15) is 40.9 Å². The van der Waals surface area contributed by atoms with Crippen LogP contribution in [0.5, 0.6) is 0 Å². The first kappa shape index (κ1) is 44.9. The Morgan fingerprint density at radius 1 is 1.06 bits per heavy atom. The van der Waals surface area contributed by atoms with E-state index in [0.717, 1.165) is 31.5 Å². The number of benzene rings is 2. The summed E-state index contributed by atoms with van der Waals surface area (Å²) in [5, 5.41) is 11.3. The number of morpholine rings is 1. The molecule has 4 heterocycles. The number of aryl methyl sites for hydroxylation is 1. The average molecular weight is 905 g/mol. The van der Waals surface area contributed by atoms with Crippen molar-refractivity contribution in [1.82, 2.24) is 34.8 Å². The highest BCUT2D eigenvalue weighted by molar-refractivity contribution is 7.92. The number of sulfonamides is 1. The Hall–Kier alpha value is -5.16. The standard InChI is InChI=1S/C42H43ClF6N8O4S/c1-7-56-14-15-61-41(4,21-56)13-12-27-8-9-28(29-10-11-30(43)34-37(29)55(5)53-40(34)54-62(6,59)60)35(50-27)31(18-24-16-25(44)19-26(45)17-24)51-32(58)20-57-38-33(36(52-57)39(46)47)22(2)23(3)42(38,48)49/h8-11,16-17,19,22-23,31,39H,7,14-15,18,20-21H2,1-6H3,(H,51,58)(H,53,54)/t22-,23+,31-,41+/m0/s1. The smallest absolute Gasteiger partial charge is 0.292 e. The number of amides is 1. The first-order valence-corrected chi connectivity index (χ1v) is 21.9. The van der Waals surface area contributed by atoms with E-state index in [1.807, 2.05) is 13.8 Å². The fraction of sp³-hybridized carbons (Fsp3) is 0.429. The van der Waals surface area contributed by atoms with Gasteiger partial charge in [0.05, 0.1) is 40.5 Å². The lowest BCUT2D eigenvalue weighted by molar-refractivity contribution is -0.123. The van der Waals surface area contributed by atoms with Gasteiger partial charge in [0.2, 0.25) is 15.9 Å². The number of halogens is 7. The molecule has 3 aromatic heterocycles. The highest BCUT2D eigenvalue weighted by Gasteiger charge is 2.55. The van der Waals surface area contributed by atoms with E-state index in [4.69, 9.17) is 21.3 Å². The molecule has 20 heteroatoms. The molecule has 1 fully saturated rings. The van der Waals surface area contributed by atoms with Gasteiger partial charge in [0, 0.05) is 48.8 Å². The van der Waals surface area contributed by atoms with Gasteiger partial charge in [-0.2, -0.15) is 19.0 Å². The summed E-state index contributed by atoms with van der Waals surface area (Å²) in [6.45, 7) is 7.99. The number of fused-ring (bicyclic) bond motifs is 2. The molecule has 2 aliphatic rings. The molecule has 1 aliphatic heterocycles. The molecule has 4 atom stereocenters. The number of nitrogens with zero attached hydrogens (tertiary/aromatic N) is 6. The lowest BCUT2D eigenvalue weighted by Gasteiger charge is -2.36. The van der Waals surface area contributed by atoms with Gasteiger partial charge in [-0.15, -0.1) is 0 Å². The normalized spacial score (nSPS) is 20.5. The van der Waals surface area contributed by atoms with Crippen LogP contribution in [0.4, 0.5) is 32.2 Å². The zero-order chi connectivity index (χ0) is 45.1. The molecule has 0 bridgehead atoms. The van der Waals surface area contributed by atoms with Crippen LogP contribution in [0.1, 0.15) is 80.0 Å². The Labute approximate surface area is 359 Å². The van der Waals surface area contributed by atoms with Crippen molar-refractivity contribution in [2.45, 2.75) is 70.6 Å². The zero-order valence-corrected chi connectivity index (χ0v) is 36.0. The van der Waals surface area contributed by atoms with Crippen molar-refractivity contribution in [3.8, 4) is 23.0 Å². The molecule has 2 aromatic carbocycles. The van der Waals surface area contributed by atoms with Gasteiger partial charge >= 0.3 is 0 Å². The SMILES string of the molecule is CCN1CCO[C@](C)(C#Cc2ccc(-c3ccc(Cl)c4c(NS(C)(=O)=O)nn(C)c34)c([C@H](Cc3cc(F)cc(F)c3)NC(=O)Cn3nc(C(F)F)c4c3C(F)(F)[C@H](C)[C@@H]4C)n2)C1. The Morgan fingerprint density at radius 3 is 2.42 bits per heavy atom. The molecule has 1 amide bonds. The van der Waals surface area contributed by atoms with Crippen LogP contribution >= 0.6 is 11.6 Å². The second kappa shape index (κ2) is 16.8. The number of ether oxygens (including phenoxy) is 1. The quantitative estimate of drug-likeness (QED) is 0.103. The number of carbonyl (C=O) groups is 1. The van der Waals surface area contributed by atoms with Crippen molar-refractivity contribution in [3.63, 3.8) is 0 Å². The van der Waals surface area contributed by atoms with Crippen molar-refractivity contribution in [2.75, 3.05) is 37.2 Å². The first-order valence-electron chi connectivity index (χ1n) is 19.6. The maximum atomic E-state index is 15.7. The summed E-state index contributed by atoms with van der Waals surface area (Å²) in [4.78, 5) is 21.2. The summed E-state index contributed by atoms with van der Waals surface area (Å²) in [6, 6.07) is 7.82. The third-order valence-electron chi connectivity index (χ3n) is 11.3. The molecule has 0 spiro atoms. The molecule has 0 radical (unpaired) electrons. The van der Waals surface area contributed by atoms with E-state index in [2.05, 4.69) is 37.0 Å². The second-order valence-corrected chi connectivity index (χ2v) is 18.1. The van der Waals surface area contributed by atoms with Crippen LogP contribution in [0.3, 0.4) is 0 Å². The third-order valence-corrected chi connectivity index (χ3v) is 12.2. The van der Waals surface area contributed by atoms with Crippen LogP contribution in [0.15, 0.2) is 42.5 Å². The summed E-state index contributed by atoms with van der Waals surface area (Å²) >= 11 is 6.65. The summed E-state index contributed by atoms with van der Waals surface area (Å²) in [6.07, 6.45) is -2.58. The van der Waals surface area contributed by atoms with E-state index in [0.29, 0.717) is 40.5 Å². The van der Waals surface area contributed by atoms with E-state index < -0.39 is 81.3 Å². The van der Waals surface area contributed by atoms with Crippen LogP contribution in [-0.2, 0) is 45.5 Å². The van der Waals surface area contributed by atoms with Gasteiger partial charge in [-0.1, -0.05) is 44.4 Å². The summed E-state index contributed by atoms with van der Waals surface area (Å²) < 4.78 is 124. The van der Waals surface area contributed by atoms with Crippen LogP contribution < -0.4 is 10.0 Å². The maximum Gasteiger partial charge on any atom is 0.292 e. The number of anilines is 1. The van der Waals surface area contributed by atoms with Crippen LogP contribution in [0.2, 0.25) is 5.02 Å². The van der Waals surface area contributed by atoms with E-state index in [9.17, 15) is 30.8 Å². The highest BCUT2D eigenvalue weighted by Crippen LogP contribution is 2.54. The summed E-state index contributed by atoms with van der Waals surface area (Å²) in [5.41, 5.74) is -1.51. The Kier molecular flexibility index (Phi) is 12.2. The number of likely N-dealkylation sites (N-methyl/N-ethyl adjacent to an activating group) is 1. The van der Waals surface area contributed by atoms with Crippen molar-refractivity contribution < 1.29 is 44.3 Å². The van der Waals surface area contributed by atoms with Crippen molar-refractivity contribution >= 4 is 44.3 Å². The minimum absolute atomic E-state index is 0.0652. The van der Waals surface area contributed by atoms with Gasteiger partial charge in [-0.25, -0.2) is 31.0 Å². The highest BCUT2D eigenvalue weighted by atomic mass is 35.5. The number of hydrogen-bond acceptors (Lipinski definition) is 8. The Bertz CT molecular complexity index is 2730. The van der Waals surface area contributed by atoms with Gasteiger partial charge in [-0.3, -0.25) is 23.8 Å². The second-order valence-electron chi connectivity index (χ2n) is 15.9. The van der Waals surface area contributed by atoms with E-state index in [-0.39, 0.29) is 45.2 Å². The van der Waals surface area contributed by atoms with Gasteiger partial charge < -0.3 is 10.1 Å². The van der Waals surface area contributed by atoms with Crippen molar-refractivity contribution in [3.05, 3.63) is 93.0 Å².